The van der Waals surface area contributed by atoms with Crippen LogP contribution in [0.5, 0.6) is 0 Å². The van der Waals surface area contributed by atoms with E-state index < -0.39 is 0 Å². The van der Waals surface area contributed by atoms with E-state index in [1.807, 2.05) is 0 Å². The molecule has 0 atom stereocenters. The van der Waals surface area contributed by atoms with Crippen molar-refractivity contribution in [3.8, 4) is 5.69 Å². The average molecular weight is 285 g/mol. The number of hydrogen-bond acceptors (Lipinski definition) is 3. The van der Waals surface area contributed by atoms with Gasteiger partial charge in [-0.2, -0.15) is 5.10 Å². The minimum atomic E-state index is 0.571. The highest BCUT2D eigenvalue weighted by molar-refractivity contribution is 5.57. The number of hydrogen-bond donors (Lipinski definition) is 1. The summed E-state index contributed by atoms with van der Waals surface area (Å²) in [7, 11) is 1.73. The molecule has 21 heavy (non-hydrogen) atoms. The summed E-state index contributed by atoms with van der Waals surface area (Å²) in [6.45, 7) is 5.88. The lowest BCUT2D eigenvalue weighted by molar-refractivity contribution is 0.180. The number of methoxy groups -OCH3 is 1. The molecule has 0 unspecified atom stereocenters. The first-order valence-electron chi connectivity index (χ1n) is 7.62. The first kappa shape index (κ1) is 14.1. The Morgan fingerprint density at radius 3 is 2.95 bits per heavy atom. The van der Waals surface area contributed by atoms with Gasteiger partial charge in [0.1, 0.15) is 5.82 Å². The van der Waals surface area contributed by atoms with Gasteiger partial charge in [0.05, 0.1) is 18.0 Å². The van der Waals surface area contributed by atoms with Crippen LogP contribution in [-0.4, -0.2) is 23.4 Å². The molecule has 0 fully saturated rings. The second-order valence-corrected chi connectivity index (χ2v) is 5.72. The van der Waals surface area contributed by atoms with Crippen LogP contribution in [-0.2, 0) is 17.8 Å². The van der Waals surface area contributed by atoms with E-state index in [9.17, 15) is 0 Å². The fourth-order valence-electron chi connectivity index (χ4n) is 2.97. The molecule has 1 aromatic carbocycles. The van der Waals surface area contributed by atoms with Gasteiger partial charge in [0.15, 0.2) is 0 Å². The van der Waals surface area contributed by atoms with Crippen LogP contribution in [0.1, 0.15) is 35.2 Å². The Morgan fingerprint density at radius 1 is 1.29 bits per heavy atom. The first-order chi connectivity index (χ1) is 10.2. The molecule has 1 aromatic heterocycles. The third-order valence-corrected chi connectivity index (χ3v) is 4.30. The summed E-state index contributed by atoms with van der Waals surface area (Å²) in [4.78, 5) is 0. The van der Waals surface area contributed by atoms with E-state index in [-0.39, 0.29) is 0 Å². The summed E-state index contributed by atoms with van der Waals surface area (Å²) >= 11 is 0. The van der Waals surface area contributed by atoms with Crippen molar-refractivity contribution < 1.29 is 4.74 Å². The van der Waals surface area contributed by atoms with Crippen molar-refractivity contribution in [2.45, 2.75) is 39.7 Å². The molecule has 0 saturated carbocycles. The lowest BCUT2D eigenvalue weighted by Gasteiger charge is -2.13. The van der Waals surface area contributed by atoms with E-state index in [1.165, 1.54) is 29.5 Å². The number of ether oxygens (including phenoxy) is 1. The normalized spacial score (nSPS) is 14.4. The van der Waals surface area contributed by atoms with Crippen LogP contribution < -0.4 is 5.32 Å². The number of aryl methyl sites for hydroxylation is 1. The molecule has 0 saturated heterocycles. The molecule has 0 amide bonds. The molecule has 2 heterocycles. The number of aromatic nitrogens is 2. The van der Waals surface area contributed by atoms with E-state index >= 15 is 0 Å². The fourth-order valence-corrected chi connectivity index (χ4v) is 2.97. The zero-order valence-electron chi connectivity index (χ0n) is 13.1. The number of anilines is 1. The summed E-state index contributed by atoms with van der Waals surface area (Å²) in [5, 5.41) is 8.39. The molecule has 112 valence electrons. The fraction of sp³-hybridized carbons (Fsp3) is 0.471. The summed E-state index contributed by atoms with van der Waals surface area (Å²) < 4.78 is 7.40. The van der Waals surface area contributed by atoms with Crippen LogP contribution >= 0.6 is 0 Å². The van der Waals surface area contributed by atoms with Crippen molar-refractivity contribution in [3.63, 3.8) is 0 Å². The van der Waals surface area contributed by atoms with Crippen LogP contribution in [0.2, 0.25) is 0 Å². The van der Waals surface area contributed by atoms with Gasteiger partial charge in [-0.15, -0.1) is 0 Å². The molecule has 0 spiro atoms. The predicted octanol–water partition coefficient (Wildman–Crippen LogP) is 3.38. The average Bonchev–Trinajstić information content (AvgIpc) is 2.66. The molecule has 0 radical (unpaired) electrons. The smallest absolute Gasteiger partial charge is 0.133 e. The third-order valence-electron chi connectivity index (χ3n) is 4.30. The van der Waals surface area contributed by atoms with Crippen molar-refractivity contribution >= 4 is 5.82 Å². The molecular weight excluding hydrogens is 262 g/mol. The molecule has 4 nitrogen and oxygen atoms in total. The van der Waals surface area contributed by atoms with Crippen LogP contribution in [0.4, 0.5) is 5.82 Å². The maximum atomic E-state index is 5.33. The zero-order chi connectivity index (χ0) is 14.8. The molecule has 0 aliphatic carbocycles. The SMILES string of the molecule is COCc1nn(-c2cccc(C)c2C)c2c1CCCCN2. The van der Waals surface area contributed by atoms with Crippen LogP contribution in [0.3, 0.4) is 0 Å². The highest BCUT2D eigenvalue weighted by atomic mass is 16.5. The molecular formula is C17H23N3O. The van der Waals surface area contributed by atoms with E-state index in [4.69, 9.17) is 9.84 Å². The lowest BCUT2D eigenvalue weighted by Crippen LogP contribution is -2.08. The van der Waals surface area contributed by atoms with Crippen LogP contribution in [0, 0.1) is 13.8 Å². The number of benzene rings is 1. The molecule has 0 bridgehead atoms. The van der Waals surface area contributed by atoms with Crippen molar-refractivity contribution in [2.75, 3.05) is 19.0 Å². The quantitative estimate of drug-likeness (QED) is 0.939. The predicted molar refractivity (Wildman–Crippen MR) is 85.2 cm³/mol. The van der Waals surface area contributed by atoms with E-state index in [0.29, 0.717) is 6.61 Å². The van der Waals surface area contributed by atoms with Crippen LogP contribution in [0.25, 0.3) is 5.69 Å². The second kappa shape index (κ2) is 5.90. The minimum absolute atomic E-state index is 0.571. The number of rotatable bonds is 3. The number of nitrogens with zero attached hydrogens (tertiary/aromatic N) is 2. The van der Waals surface area contributed by atoms with E-state index in [1.54, 1.807) is 7.11 Å². The summed E-state index contributed by atoms with van der Waals surface area (Å²) in [5.41, 5.74) is 6.09. The van der Waals surface area contributed by atoms with Gasteiger partial charge in [-0.1, -0.05) is 12.1 Å². The van der Waals surface area contributed by atoms with Gasteiger partial charge in [-0.05, 0) is 50.3 Å². The van der Waals surface area contributed by atoms with Gasteiger partial charge in [0.25, 0.3) is 0 Å². The Labute approximate surface area is 126 Å². The maximum Gasteiger partial charge on any atom is 0.133 e. The van der Waals surface area contributed by atoms with Crippen molar-refractivity contribution in [1.82, 2.24) is 9.78 Å². The lowest BCUT2D eigenvalue weighted by atomic mass is 10.1. The van der Waals surface area contributed by atoms with Crippen molar-refractivity contribution in [3.05, 3.63) is 40.6 Å². The highest BCUT2D eigenvalue weighted by Gasteiger charge is 2.21. The molecule has 1 aliphatic heterocycles. The Kier molecular flexibility index (Phi) is 3.97. The maximum absolute atomic E-state index is 5.33. The van der Waals surface area contributed by atoms with Gasteiger partial charge in [0.2, 0.25) is 0 Å². The first-order valence-corrected chi connectivity index (χ1v) is 7.62. The molecule has 4 heteroatoms. The summed E-state index contributed by atoms with van der Waals surface area (Å²) in [5.74, 6) is 1.15. The highest BCUT2D eigenvalue weighted by Crippen LogP contribution is 2.30. The van der Waals surface area contributed by atoms with E-state index in [2.05, 4.69) is 42.0 Å². The monoisotopic (exact) mass is 285 g/mol. The standard InChI is InChI=1S/C17H23N3O/c1-12-7-6-9-16(13(12)2)20-17-14(8-4-5-10-18-17)15(19-20)11-21-3/h6-7,9,18H,4-5,8,10-11H2,1-3H3. The van der Waals surface area contributed by atoms with Crippen molar-refractivity contribution in [1.29, 1.82) is 0 Å². The number of nitrogens with one attached hydrogen (secondary N) is 1. The zero-order valence-corrected chi connectivity index (χ0v) is 13.1. The largest absolute Gasteiger partial charge is 0.378 e. The van der Waals surface area contributed by atoms with Crippen LogP contribution in [0.15, 0.2) is 18.2 Å². The minimum Gasteiger partial charge on any atom is -0.378 e. The van der Waals surface area contributed by atoms with Gasteiger partial charge in [0, 0.05) is 19.2 Å². The Morgan fingerprint density at radius 2 is 2.14 bits per heavy atom. The third kappa shape index (κ3) is 2.56. The summed E-state index contributed by atoms with van der Waals surface area (Å²) in [6, 6.07) is 6.38. The second-order valence-electron chi connectivity index (χ2n) is 5.72. The van der Waals surface area contributed by atoms with Crippen molar-refractivity contribution in [2.24, 2.45) is 0 Å². The Hall–Kier alpha value is -1.81. The van der Waals surface area contributed by atoms with E-state index in [0.717, 1.165) is 30.2 Å². The van der Waals surface area contributed by atoms with Gasteiger partial charge >= 0.3 is 0 Å². The van der Waals surface area contributed by atoms with Gasteiger partial charge < -0.3 is 10.1 Å². The van der Waals surface area contributed by atoms with Gasteiger partial charge in [-0.25, -0.2) is 4.68 Å². The van der Waals surface area contributed by atoms with Gasteiger partial charge in [-0.3, -0.25) is 0 Å². The Bertz CT molecular complexity index is 646. The Balaban J connectivity index is 2.16. The molecule has 2 aromatic rings. The topological polar surface area (TPSA) is 39.1 Å². The summed E-state index contributed by atoms with van der Waals surface area (Å²) in [6.07, 6.45) is 3.48. The number of fused-ring (bicyclic) bond motifs is 1. The molecule has 1 aliphatic rings. The molecule has 1 N–H and O–H groups in total. The molecule has 3 rings (SSSR count).